The summed E-state index contributed by atoms with van der Waals surface area (Å²) in [5.41, 5.74) is 0. The topological polar surface area (TPSA) is 17.1 Å². The van der Waals surface area contributed by atoms with Gasteiger partial charge in [0.1, 0.15) is 5.78 Å². The third kappa shape index (κ3) is 3.25. The Morgan fingerprint density at radius 1 is 1.00 bits per heavy atom. The first-order chi connectivity index (χ1) is 4.89. The van der Waals surface area contributed by atoms with E-state index in [0.717, 1.165) is 25.7 Å². The summed E-state index contributed by atoms with van der Waals surface area (Å²) >= 11 is 1.99. The second-order valence-electron chi connectivity index (χ2n) is 2.71. The van der Waals surface area contributed by atoms with Gasteiger partial charge in [0.15, 0.2) is 0 Å². The molecule has 58 valence electrons. The lowest BCUT2D eigenvalue weighted by Crippen LogP contribution is -1.96. The molecule has 1 saturated heterocycles. The first-order valence-electron chi connectivity index (χ1n) is 3.99. The molecule has 0 aromatic rings. The van der Waals surface area contributed by atoms with E-state index in [1.165, 1.54) is 17.9 Å². The molecule has 1 fully saturated rings. The second-order valence-corrected chi connectivity index (χ2v) is 3.94. The van der Waals surface area contributed by atoms with Crippen LogP contribution in [0.1, 0.15) is 32.1 Å². The van der Waals surface area contributed by atoms with Crippen molar-refractivity contribution >= 4 is 17.5 Å². The SMILES string of the molecule is O=C1CCCCSCCC1. The predicted octanol–water partition coefficient (Wildman–Crippen LogP) is 2.25. The first kappa shape index (κ1) is 8.12. The van der Waals surface area contributed by atoms with Crippen LogP contribution in [-0.4, -0.2) is 17.3 Å². The number of carbonyl (C=O) groups is 1. The third-order valence-electron chi connectivity index (χ3n) is 1.74. The zero-order valence-electron chi connectivity index (χ0n) is 6.27. The quantitative estimate of drug-likeness (QED) is 0.538. The highest BCUT2D eigenvalue weighted by Gasteiger charge is 2.03. The maximum Gasteiger partial charge on any atom is 0.132 e. The highest BCUT2D eigenvalue weighted by atomic mass is 32.2. The maximum absolute atomic E-state index is 11.0. The van der Waals surface area contributed by atoms with E-state index in [-0.39, 0.29) is 0 Å². The molecule has 1 aliphatic heterocycles. The fourth-order valence-corrected chi connectivity index (χ4v) is 2.09. The molecule has 1 nitrogen and oxygen atoms in total. The molecule has 0 bridgehead atoms. The van der Waals surface area contributed by atoms with Gasteiger partial charge in [0.25, 0.3) is 0 Å². The molecule has 1 aliphatic rings. The highest BCUT2D eigenvalue weighted by molar-refractivity contribution is 7.99. The van der Waals surface area contributed by atoms with Crippen molar-refractivity contribution in [3.05, 3.63) is 0 Å². The van der Waals surface area contributed by atoms with Crippen molar-refractivity contribution in [1.29, 1.82) is 0 Å². The normalized spacial score (nSPS) is 23.0. The van der Waals surface area contributed by atoms with Crippen LogP contribution in [0.3, 0.4) is 0 Å². The van der Waals surface area contributed by atoms with E-state index < -0.39 is 0 Å². The minimum atomic E-state index is 0.475. The standard InChI is InChI=1S/C8H14OS/c9-8-4-1-2-6-10-7-3-5-8/h1-7H2. The van der Waals surface area contributed by atoms with E-state index in [1.807, 2.05) is 11.8 Å². The number of rotatable bonds is 0. The van der Waals surface area contributed by atoms with Gasteiger partial charge in [-0.2, -0.15) is 11.8 Å². The Balaban J connectivity index is 2.21. The van der Waals surface area contributed by atoms with E-state index in [4.69, 9.17) is 0 Å². The van der Waals surface area contributed by atoms with Gasteiger partial charge in [-0.05, 0) is 30.8 Å². The number of hydrogen-bond donors (Lipinski definition) is 0. The van der Waals surface area contributed by atoms with Crippen molar-refractivity contribution in [2.75, 3.05) is 11.5 Å². The van der Waals surface area contributed by atoms with Gasteiger partial charge in [-0.15, -0.1) is 0 Å². The zero-order valence-corrected chi connectivity index (χ0v) is 7.08. The molecule has 1 rings (SSSR count). The van der Waals surface area contributed by atoms with Crippen molar-refractivity contribution < 1.29 is 4.79 Å². The lowest BCUT2D eigenvalue weighted by molar-refractivity contribution is -0.119. The molecule has 0 saturated carbocycles. The number of carbonyl (C=O) groups excluding carboxylic acids is 1. The molecular formula is C8H14OS. The Kier molecular flexibility index (Phi) is 3.88. The summed E-state index contributed by atoms with van der Waals surface area (Å²) in [5.74, 6) is 2.92. The zero-order chi connectivity index (χ0) is 7.23. The molecule has 0 atom stereocenters. The fraction of sp³-hybridized carbons (Fsp3) is 0.875. The average molecular weight is 158 g/mol. The lowest BCUT2D eigenvalue weighted by atomic mass is 10.1. The summed E-state index contributed by atoms with van der Waals surface area (Å²) in [6.45, 7) is 0. The molecule has 0 aromatic carbocycles. The first-order valence-corrected chi connectivity index (χ1v) is 5.14. The molecule has 0 radical (unpaired) electrons. The average Bonchev–Trinajstić information content (AvgIpc) is 2.02. The number of ketones is 1. The van der Waals surface area contributed by atoms with Gasteiger partial charge in [0.2, 0.25) is 0 Å². The summed E-state index contributed by atoms with van der Waals surface area (Å²) in [5, 5.41) is 0. The van der Waals surface area contributed by atoms with Crippen molar-refractivity contribution in [2.24, 2.45) is 0 Å². The number of Topliss-reactive ketones (excluding diaryl/α,β-unsaturated/α-hetero) is 1. The molecule has 0 unspecified atom stereocenters. The third-order valence-corrected chi connectivity index (χ3v) is 2.89. The summed E-state index contributed by atoms with van der Waals surface area (Å²) < 4.78 is 0. The molecule has 2 heteroatoms. The number of thioether (sulfide) groups is 1. The van der Waals surface area contributed by atoms with Crippen LogP contribution in [0.15, 0.2) is 0 Å². The van der Waals surface area contributed by atoms with Gasteiger partial charge in [-0.1, -0.05) is 0 Å². The maximum atomic E-state index is 11.0. The van der Waals surface area contributed by atoms with Crippen LogP contribution in [0.4, 0.5) is 0 Å². The molecule has 10 heavy (non-hydrogen) atoms. The smallest absolute Gasteiger partial charge is 0.132 e. The highest BCUT2D eigenvalue weighted by Crippen LogP contribution is 2.13. The molecule has 0 amide bonds. The van der Waals surface area contributed by atoms with E-state index in [0.29, 0.717) is 5.78 Å². The van der Waals surface area contributed by atoms with E-state index in [1.54, 1.807) is 0 Å². The van der Waals surface area contributed by atoms with Gasteiger partial charge in [-0.25, -0.2) is 0 Å². The Hall–Kier alpha value is 0.0200. The van der Waals surface area contributed by atoms with Crippen LogP contribution in [0.25, 0.3) is 0 Å². The lowest BCUT2D eigenvalue weighted by Gasteiger charge is -1.93. The Bertz CT molecular complexity index is 99.8. The minimum Gasteiger partial charge on any atom is -0.300 e. The van der Waals surface area contributed by atoms with E-state index >= 15 is 0 Å². The van der Waals surface area contributed by atoms with Crippen LogP contribution in [0, 0.1) is 0 Å². The minimum absolute atomic E-state index is 0.475. The summed E-state index contributed by atoms with van der Waals surface area (Å²) in [6.07, 6.45) is 5.11. The van der Waals surface area contributed by atoms with Gasteiger partial charge >= 0.3 is 0 Å². The summed E-state index contributed by atoms with van der Waals surface area (Å²) in [4.78, 5) is 11.0. The largest absolute Gasteiger partial charge is 0.300 e. The fourth-order valence-electron chi connectivity index (χ4n) is 1.12. The molecule has 0 spiro atoms. The van der Waals surface area contributed by atoms with Crippen LogP contribution in [0.2, 0.25) is 0 Å². The van der Waals surface area contributed by atoms with Gasteiger partial charge in [0, 0.05) is 12.8 Å². The Morgan fingerprint density at radius 3 is 2.60 bits per heavy atom. The van der Waals surface area contributed by atoms with Crippen LogP contribution < -0.4 is 0 Å². The summed E-state index contributed by atoms with van der Waals surface area (Å²) in [6, 6.07) is 0. The molecular weight excluding hydrogens is 144 g/mol. The van der Waals surface area contributed by atoms with Crippen LogP contribution in [-0.2, 0) is 4.79 Å². The van der Waals surface area contributed by atoms with Crippen molar-refractivity contribution in [2.45, 2.75) is 32.1 Å². The van der Waals surface area contributed by atoms with Crippen molar-refractivity contribution in [3.63, 3.8) is 0 Å². The van der Waals surface area contributed by atoms with E-state index in [2.05, 4.69) is 0 Å². The Labute approximate surface area is 66.6 Å². The second kappa shape index (κ2) is 4.78. The van der Waals surface area contributed by atoms with Crippen LogP contribution >= 0.6 is 11.8 Å². The van der Waals surface area contributed by atoms with Crippen molar-refractivity contribution in [3.8, 4) is 0 Å². The Morgan fingerprint density at radius 2 is 1.70 bits per heavy atom. The molecule has 0 N–H and O–H groups in total. The monoisotopic (exact) mass is 158 g/mol. The molecule has 1 heterocycles. The van der Waals surface area contributed by atoms with Gasteiger partial charge in [0.05, 0.1) is 0 Å². The van der Waals surface area contributed by atoms with Gasteiger partial charge < -0.3 is 0 Å². The van der Waals surface area contributed by atoms with Crippen LogP contribution in [0.5, 0.6) is 0 Å². The van der Waals surface area contributed by atoms with E-state index in [9.17, 15) is 4.79 Å². The molecule has 0 aliphatic carbocycles. The predicted molar refractivity (Wildman–Crippen MR) is 45.4 cm³/mol. The summed E-state index contributed by atoms with van der Waals surface area (Å²) in [7, 11) is 0. The molecule has 0 aromatic heterocycles. The van der Waals surface area contributed by atoms with Gasteiger partial charge in [-0.3, -0.25) is 4.79 Å². The van der Waals surface area contributed by atoms with Crippen molar-refractivity contribution in [1.82, 2.24) is 0 Å². The number of hydrogen-bond acceptors (Lipinski definition) is 2.